The van der Waals surface area contributed by atoms with E-state index in [1.54, 1.807) is 6.92 Å². The van der Waals surface area contributed by atoms with Crippen molar-refractivity contribution in [3.8, 4) is 0 Å². The van der Waals surface area contributed by atoms with Crippen molar-refractivity contribution in [3.05, 3.63) is 0 Å². The van der Waals surface area contributed by atoms with E-state index < -0.39 is 6.04 Å². The molecule has 2 N–H and O–H groups in total. The highest BCUT2D eigenvalue weighted by molar-refractivity contribution is 5.82. The lowest BCUT2D eigenvalue weighted by Gasteiger charge is -2.40. The van der Waals surface area contributed by atoms with Crippen LogP contribution in [0.4, 0.5) is 0 Å². The maximum atomic E-state index is 12.6. The average Bonchev–Trinajstić information content (AvgIpc) is 3.27. The molecule has 21 heavy (non-hydrogen) atoms. The SMILES string of the molecule is CC(=O)N(CC1CCCCN1C(=O)C(N)C(C)C)C1CC1. The zero-order valence-corrected chi connectivity index (χ0v) is 13.5. The second-order valence-electron chi connectivity index (χ2n) is 6.85. The molecule has 1 saturated carbocycles. The van der Waals surface area contributed by atoms with Crippen LogP contribution in [-0.4, -0.2) is 52.8 Å². The average molecular weight is 295 g/mol. The molecule has 0 aromatic carbocycles. The summed E-state index contributed by atoms with van der Waals surface area (Å²) in [5, 5.41) is 0. The van der Waals surface area contributed by atoms with Crippen LogP contribution in [0.15, 0.2) is 0 Å². The topological polar surface area (TPSA) is 66.6 Å². The fourth-order valence-corrected chi connectivity index (χ4v) is 3.11. The molecule has 2 unspecified atom stereocenters. The molecule has 2 amide bonds. The summed E-state index contributed by atoms with van der Waals surface area (Å²) in [7, 11) is 0. The molecule has 0 aromatic rings. The Morgan fingerprint density at radius 3 is 2.43 bits per heavy atom. The number of likely N-dealkylation sites (tertiary alicyclic amines) is 1. The first-order valence-corrected chi connectivity index (χ1v) is 8.25. The van der Waals surface area contributed by atoms with Gasteiger partial charge in [-0.1, -0.05) is 13.8 Å². The van der Waals surface area contributed by atoms with Crippen molar-refractivity contribution in [1.82, 2.24) is 9.80 Å². The van der Waals surface area contributed by atoms with E-state index >= 15 is 0 Å². The van der Waals surface area contributed by atoms with E-state index in [2.05, 4.69) is 0 Å². The summed E-state index contributed by atoms with van der Waals surface area (Å²) in [6.07, 6.45) is 5.35. The highest BCUT2D eigenvalue weighted by Crippen LogP contribution is 2.29. The summed E-state index contributed by atoms with van der Waals surface area (Å²) in [6.45, 7) is 7.05. The van der Waals surface area contributed by atoms with Crippen molar-refractivity contribution < 1.29 is 9.59 Å². The van der Waals surface area contributed by atoms with Gasteiger partial charge in [0.05, 0.1) is 6.04 Å². The van der Waals surface area contributed by atoms with Crippen LogP contribution in [0.25, 0.3) is 0 Å². The maximum Gasteiger partial charge on any atom is 0.240 e. The summed E-state index contributed by atoms with van der Waals surface area (Å²) in [6, 6.07) is 0.109. The fraction of sp³-hybridized carbons (Fsp3) is 0.875. The van der Waals surface area contributed by atoms with Gasteiger partial charge in [0.2, 0.25) is 11.8 Å². The van der Waals surface area contributed by atoms with Crippen LogP contribution in [0.1, 0.15) is 52.9 Å². The summed E-state index contributed by atoms with van der Waals surface area (Å²) in [5.74, 6) is 0.324. The van der Waals surface area contributed by atoms with Crippen LogP contribution in [0, 0.1) is 5.92 Å². The minimum Gasteiger partial charge on any atom is -0.338 e. The quantitative estimate of drug-likeness (QED) is 0.833. The lowest BCUT2D eigenvalue weighted by molar-refractivity contribution is -0.140. The third-order valence-corrected chi connectivity index (χ3v) is 4.71. The first-order valence-electron chi connectivity index (χ1n) is 8.25. The number of hydrogen-bond donors (Lipinski definition) is 1. The van der Waals surface area contributed by atoms with E-state index in [1.807, 2.05) is 23.6 Å². The molecule has 0 aromatic heterocycles. The van der Waals surface area contributed by atoms with Gasteiger partial charge in [0, 0.05) is 32.1 Å². The van der Waals surface area contributed by atoms with E-state index in [1.165, 1.54) is 0 Å². The number of amides is 2. The van der Waals surface area contributed by atoms with Crippen molar-refractivity contribution in [2.24, 2.45) is 11.7 Å². The minimum absolute atomic E-state index is 0.0500. The summed E-state index contributed by atoms with van der Waals surface area (Å²) in [4.78, 5) is 28.3. The largest absolute Gasteiger partial charge is 0.338 e. The highest BCUT2D eigenvalue weighted by Gasteiger charge is 2.36. The van der Waals surface area contributed by atoms with Gasteiger partial charge in [-0.3, -0.25) is 9.59 Å². The smallest absolute Gasteiger partial charge is 0.240 e. The summed E-state index contributed by atoms with van der Waals surface area (Å²) >= 11 is 0. The van der Waals surface area contributed by atoms with Crippen LogP contribution in [0.5, 0.6) is 0 Å². The van der Waals surface area contributed by atoms with Crippen LogP contribution >= 0.6 is 0 Å². The van der Waals surface area contributed by atoms with E-state index in [0.717, 1.165) is 38.6 Å². The molecule has 5 nitrogen and oxygen atoms in total. The molecule has 2 atom stereocenters. The number of carbonyl (C=O) groups is 2. The third-order valence-electron chi connectivity index (χ3n) is 4.71. The van der Waals surface area contributed by atoms with Crippen molar-refractivity contribution in [3.63, 3.8) is 0 Å². The standard InChI is InChI=1S/C16H29N3O2/c1-11(2)15(17)16(21)18-9-5-4-6-14(18)10-19(12(3)20)13-7-8-13/h11,13-15H,4-10,17H2,1-3H3. The number of hydrogen-bond acceptors (Lipinski definition) is 3. The van der Waals surface area contributed by atoms with E-state index in [4.69, 9.17) is 5.73 Å². The fourth-order valence-electron chi connectivity index (χ4n) is 3.11. The van der Waals surface area contributed by atoms with Crippen molar-refractivity contribution in [2.45, 2.75) is 71.0 Å². The second-order valence-corrected chi connectivity index (χ2v) is 6.85. The molecule has 1 saturated heterocycles. The van der Waals surface area contributed by atoms with E-state index in [9.17, 15) is 9.59 Å². The maximum absolute atomic E-state index is 12.6. The van der Waals surface area contributed by atoms with Gasteiger partial charge in [-0.15, -0.1) is 0 Å². The Hall–Kier alpha value is -1.10. The van der Waals surface area contributed by atoms with Crippen LogP contribution < -0.4 is 5.73 Å². The second kappa shape index (κ2) is 6.77. The highest BCUT2D eigenvalue weighted by atomic mass is 16.2. The number of carbonyl (C=O) groups excluding carboxylic acids is 2. The Morgan fingerprint density at radius 1 is 1.24 bits per heavy atom. The lowest BCUT2D eigenvalue weighted by atomic mass is 9.97. The molecule has 2 fully saturated rings. The predicted molar refractivity (Wildman–Crippen MR) is 82.6 cm³/mol. The van der Waals surface area contributed by atoms with Gasteiger partial charge in [0.15, 0.2) is 0 Å². The predicted octanol–water partition coefficient (Wildman–Crippen LogP) is 1.36. The number of nitrogens with two attached hydrogens (primary N) is 1. The molecule has 0 radical (unpaired) electrons. The third kappa shape index (κ3) is 3.96. The zero-order chi connectivity index (χ0) is 15.6. The lowest BCUT2D eigenvalue weighted by Crippen LogP contribution is -2.56. The van der Waals surface area contributed by atoms with E-state index in [-0.39, 0.29) is 23.8 Å². The molecule has 1 aliphatic heterocycles. The minimum atomic E-state index is -0.433. The van der Waals surface area contributed by atoms with Gasteiger partial charge < -0.3 is 15.5 Å². The van der Waals surface area contributed by atoms with Gasteiger partial charge in [-0.2, -0.15) is 0 Å². The number of rotatable bonds is 5. The molecule has 2 rings (SSSR count). The van der Waals surface area contributed by atoms with E-state index in [0.29, 0.717) is 12.6 Å². The zero-order valence-electron chi connectivity index (χ0n) is 13.5. The van der Waals surface area contributed by atoms with Crippen LogP contribution in [0.3, 0.4) is 0 Å². The van der Waals surface area contributed by atoms with Gasteiger partial charge in [0.1, 0.15) is 0 Å². The van der Waals surface area contributed by atoms with Crippen molar-refractivity contribution >= 4 is 11.8 Å². The molecular weight excluding hydrogens is 266 g/mol. The molecule has 0 bridgehead atoms. The summed E-state index contributed by atoms with van der Waals surface area (Å²) < 4.78 is 0. The molecule has 120 valence electrons. The molecule has 5 heteroatoms. The Morgan fingerprint density at radius 2 is 1.90 bits per heavy atom. The normalized spacial score (nSPS) is 24.0. The Labute approximate surface area is 127 Å². The van der Waals surface area contributed by atoms with Gasteiger partial charge >= 0.3 is 0 Å². The molecule has 1 aliphatic carbocycles. The summed E-state index contributed by atoms with van der Waals surface area (Å²) in [5.41, 5.74) is 6.04. The van der Waals surface area contributed by atoms with Crippen molar-refractivity contribution in [1.29, 1.82) is 0 Å². The van der Waals surface area contributed by atoms with Crippen LogP contribution in [-0.2, 0) is 9.59 Å². The Balaban J connectivity index is 2.04. The molecule has 1 heterocycles. The number of piperidine rings is 1. The first kappa shape index (κ1) is 16.3. The Bertz CT molecular complexity index is 393. The van der Waals surface area contributed by atoms with Crippen LogP contribution in [0.2, 0.25) is 0 Å². The van der Waals surface area contributed by atoms with Gasteiger partial charge in [0.25, 0.3) is 0 Å². The monoisotopic (exact) mass is 295 g/mol. The molecule has 0 spiro atoms. The molecular formula is C16H29N3O2. The van der Waals surface area contributed by atoms with Gasteiger partial charge in [-0.05, 0) is 38.0 Å². The first-order chi connectivity index (χ1) is 9.91. The van der Waals surface area contributed by atoms with Gasteiger partial charge in [-0.25, -0.2) is 0 Å². The number of nitrogens with zero attached hydrogens (tertiary/aromatic N) is 2. The Kier molecular flexibility index (Phi) is 5.25. The molecule has 2 aliphatic rings. The van der Waals surface area contributed by atoms with Crippen molar-refractivity contribution in [2.75, 3.05) is 13.1 Å².